The quantitative estimate of drug-likeness (QED) is 0.902. The minimum Gasteiger partial charge on any atom is -0.497 e. The molecule has 0 aromatic heterocycles. The van der Waals surface area contributed by atoms with Gasteiger partial charge in [-0.15, -0.1) is 0 Å². The predicted molar refractivity (Wildman–Crippen MR) is 83.4 cm³/mol. The molecule has 8 heteroatoms. The SMILES string of the molecule is COc1ccc(NC(=O)N2CCC(S(C)(=O)=O)C2)c(OC)c1. The van der Waals surface area contributed by atoms with Gasteiger partial charge in [0, 0.05) is 25.4 Å². The average molecular weight is 328 g/mol. The Labute approximate surface area is 130 Å². The molecule has 1 aliphatic heterocycles. The molecule has 0 bridgehead atoms. The minimum atomic E-state index is -3.13. The lowest BCUT2D eigenvalue weighted by molar-refractivity contribution is 0.222. The summed E-state index contributed by atoms with van der Waals surface area (Å²) in [6, 6.07) is 4.72. The molecular weight excluding hydrogens is 308 g/mol. The molecule has 1 N–H and O–H groups in total. The second-order valence-corrected chi connectivity index (χ2v) is 7.51. The Kier molecular flexibility index (Phi) is 4.80. The van der Waals surface area contributed by atoms with E-state index in [0.29, 0.717) is 30.2 Å². The van der Waals surface area contributed by atoms with E-state index in [2.05, 4.69) is 5.32 Å². The molecule has 1 fully saturated rings. The van der Waals surface area contributed by atoms with Crippen molar-refractivity contribution in [3.63, 3.8) is 0 Å². The fraction of sp³-hybridized carbons (Fsp3) is 0.500. The number of carbonyl (C=O) groups is 1. The van der Waals surface area contributed by atoms with Crippen molar-refractivity contribution in [1.29, 1.82) is 0 Å². The van der Waals surface area contributed by atoms with Gasteiger partial charge in [0.05, 0.1) is 25.2 Å². The number of sulfone groups is 1. The first kappa shape index (κ1) is 16.4. The number of urea groups is 1. The zero-order chi connectivity index (χ0) is 16.3. The van der Waals surface area contributed by atoms with Crippen LogP contribution in [-0.4, -0.2) is 58.2 Å². The van der Waals surface area contributed by atoms with Gasteiger partial charge < -0.3 is 19.7 Å². The maximum Gasteiger partial charge on any atom is 0.321 e. The third-order valence-corrected chi connectivity index (χ3v) is 5.28. The third kappa shape index (κ3) is 3.62. The molecule has 0 saturated carbocycles. The monoisotopic (exact) mass is 328 g/mol. The number of likely N-dealkylation sites (tertiary alicyclic amines) is 1. The lowest BCUT2D eigenvalue weighted by atomic mass is 10.2. The molecule has 122 valence electrons. The van der Waals surface area contributed by atoms with E-state index < -0.39 is 15.1 Å². The Balaban J connectivity index is 2.07. The van der Waals surface area contributed by atoms with E-state index in [1.165, 1.54) is 18.3 Å². The van der Waals surface area contributed by atoms with Crippen LogP contribution in [0.5, 0.6) is 11.5 Å². The summed E-state index contributed by atoms with van der Waals surface area (Å²) in [5.41, 5.74) is 0.510. The minimum absolute atomic E-state index is 0.211. The van der Waals surface area contributed by atoms with Gasteiger partial charge in [0.2, 0.25) is 0 Å². The number of carbonyl (C=O) groups excluding carboxylic acids is 1. The smallest absolute Gasteiger partial charge is 0.321 e. The first-order valence-electron chi connectivity index (χ1n) is 6.82. The summed E-state index contributed by atoms with van der Waals surface area (Å²) in [7, 11) is -0.0824. The normalized spacial score (nSPS) is 18.1. The number of rotatable bonds is 4. The molecule has 1 atom stereocenters. The van der Waals surface area contributed by atoms with Crippen molar-refractivity contribution in [2.24, 2.45) is 0 Å². The summed E-state index contributed by atoms with van der Waals surface area (Å²) in [4.78, 5) is 13.7. The van der Waals surface area contributed by atoms with E-state index in [0.717, 1.165) is 0 Å². The molecule has 1 heterocycles. The van der Waals surface area contributed by atoms with Crippen LogP contribution in [0.3, 0.4) is 0 Å². The van der Waals surface area contributed by atoms with Gasteiger partial charge in [0.15, 0.2) is 9.84 Å². The standard InChI is InChI=1S/C14H20N2O5S/c1-20-10-4-5-12(13(8-10)21-2)15-14(17)16-7-6-11(9-16)22(3,18)19/h4-5,8,11H,6-7,9H2,1-3H3,(H,15,17). The van der Waals surface area contributed by atoms with E-state index >= 15 is 0 Å². The van der Waals surface area contributed by atoms with Crippen molar-refractivity contribution in [1.82, 2.24) is 4.90 Å². The highest BCUT2D eigenvalue weighted by atomic mass is 32.2. The molecular formula is C14H20N2O5S. The molecule has 22 heavy (non-hydrogen) atoms. The average Bonchev–Trinajstić information content (AvgIpc) is 2.97. The molecule has 1 aliphatic rings. The highest BCUT2D eigenvalue weighted by molar-refractivity contribution is 7.91. The fourth-order valence-corrected chi connectivity index (χ4v) is 3.34. The summed E-state index contributed by atoms with van der Waals surface area (Å²) >= 11 is 0. The molecule has 0 aliphatic carbocycles. The van der Waals surface area contributed by atoms with Crippen LogP contribution < -0.4 is 14.8 Å². The van der Waals surface area contributed by atoms with E-state index in [-0.39, 0.29) is 12.6 Å². The van der Waals surface area contributed by atoms with Crippen molar-refractivity contribution < 1.29 is 22.7 Å². The highest BCUT2D eigenvalue weighted by Gasteiger charge is 2.32. The summed E-state index contributed by atoms with van der Waals surface area (Å²) in [5, 5.41) is 2.25. The number of methoxy groups -OCH3 is 2. The van der Waals surface area contributed by atoms with Crippen LogP contribution in [0.2, 0.25) is 0 Å². The Bertz CT molecular complexity index is 659. The maximum absolute atomic E-state index is 12.2. The molecule has 1 aromatic carbocycles. The fourth-order valence-electron chi connectivity index (χ4n) is 2.36. The van der Waals surface area contributed by atoms with Gasteiger partial charge in [-0.05, 0) is 18.6 Å². The number of hydrogen-bond donors (Lipinski definition) is 1. The van der Waals surface area contributed by atoms with Gasteiger partial charge >= 0.3 is 6.03 Å². The van der Waals surface area contributed by atoms with Gasteiger partial charge in [-0.2, -0.15) is 0 Å². The number of nitrogens with zero attached hydrogens (tertiary/aromatic N) is 1. The molecule has 1 unspecified atom stereocenters. The van der Waals surface area contributed by atoms with Crippen molar-refractivity contribution in [3.05, 3.63) is 18.2 Å². The second kappa shape index (κ2) is 6.43. The van der Waals surface area contributed by atoms with E-state index in [1.54, 1.807) is 25.3 Å². The maximum atomic E-state index is 12.2. The molecule has 2 rings (SSSR count). The first-order chi connectivity index (χ1) is 10.3. The summed E-state index contributed by atoms with van der Waals surface area (Å²) in [6.07, 6.45) is 1.66. The Hall–Kier alpha value is -1.96. The van der Waals surface area contributed by atoms with Crippen LogP contribution in [0.25, 0.3) is 0 Å². The van der Waals surface area contributed by atoms with Crippen LogP contribution >= 0.6 is 0 Å². The lowest BCUT2D eigenvalue weighted by Crippen LogP contribution is -2.35. The van der Waals surface area contributed by atoms with Crippen LogP contribution in [0.4, 0.5) is 10.5 Å². The van der Waals surface area contributed by atoms with Gasteiger partial charge in [-0.3, -0.25) is 0 Å². The first-order valence-corrected chi connectivity index (χ1v) is 8.77. The molecule has 0 radical (unpaired) electrons. The number of hydrogen-bond acceptors (Lipinski definition) is 5. The number of amides is 2. The summed E-state index contributed by atoms with van der Waals surface area (Å²) < 4.78 is 33.4. The van der Waals surface area contributed by atoms with Gasteiger partial charge in [-0.25, -0.2) is 13.2 Å². The van der Waals surface area contributed by atoms with Crippen LogP contribution in [0.15, 0.2) is 18.2 Å². The van der Waals surface area contributed by atoms with Crippen molar-refractivity contribution in [3.8, 4) is 11.5 Å². The third-order valence-electron chi connectivity index (χ3n) is 3.69. The molecule has 0 spiro atoms. The number of ether oxygens (including phenoxy) is 2. The largest absolute Gasteiger partial charge is 0.497 e. The number of anilines is 1. The molecule has 7 nitrogen and oxygen atoms in total. The van der Waals surface area contributed by atoms with Gasteiger partial charge in [0.1, 0.15) is 11.5 Å². The summed E-state index contributed by atoms with van der Waals surface area (Å²) in [6.45, 7) is 0.630. The van der Waals surface area contributed by atoms with E-state index in [4.69, 9.17) is 9.47 Å². The zero-order valence-electron chi connectivity index (χ0n) is 12.8. The van der Waals surface area contributed by atoms with Crippen molar-refractivity contribution >= 4 is 21.6 Å². The Morgan fingerprint density at radius 3 is 2.59 bits per heavy atom. The number of nitrogens with one attached hydrogen (secondary N) is 1. The van der Waals surface area contributed by atoms with Crippen molar-refractivity contribution in [2.45, 2.75) is 11.7 Å². The second-order valence-electron chi connectivity index (χ2n) is 5.18. The lowest BCUT2D eigenvalue weighted by Gasteiger charge is -2.18. The highest BCUT2D eigenvalue weighted by Crippen LogP contribution is 2.29. The van der Waals surface area contributed by atoms with Crippen molar-refractivity contribution in [2.75, 3.05) is 38.9 Å². The Morgan fingerprint density at radius 2 is 2.05 bits per heavy atom. The predicted octanol–water partition coefficient (Wildman–Crippen LogP) is 1.35. The van der Waals surface area contributed by atoms with Crippen LogP contribution in [0, 0.1) is 0 Å². The molecule has 1 aromatic rings. The van der Waals surface area contributed by atoms with E-state index in [9.17, 15) is 13.2 Å². The zero-order valence-corrected chi connectivity index (χ0v) is 13.6. The number of benzene rings is 1. The van der Waals surface area contributed by atoms with Crippen LogP contribution in [-0.2, 0) is 9.84 Å². The summed E-state index contributed by atoms with van der Waals surface area (Å²) in [5.74, 6) is 1.10. The Morgan fingerprint density at radius 1 is 1.32 bits per heavy atom. The van der Waals surface area contributed by atoms with Gasteiger partial charge in [-0.1, -0.05) is 0 Å². The molecule has 1 saturated heterocycles. The van der Waals surface area contributed by atoms with E-state index in [1.807, 2.05) is 0 Å². The van der Waals surface area contributed by atoms with Gasteiger partial charge in [0.25, 0.3) is 0 Å². The van der Waals surface area contributed by atoms with Crippen LogP contribution in [0.1, 0.15) is 6.42 Å². The topological polar surface area (TPSA) is 84.9 Å². The molecule has 2 amide bonds.